The van der Waals surface area contributed by atoms with Gasteiger partial charge in [-0.1, -0.05) is 45.7 Å². The van der Waals surface area contributed by atoms with Crippen molar-refractivity contribution < 1.29 is 29.3 Å². The number of carbonyl (C=O) groups is 2. The number of rotatable bonds is 10. The molecule has 1 aromatic carbocycles. The average molecular weight is 418 g/mol. The first kappa shape index (κ1) is 26.2. The van der Waals surface area contributed by atoms with Crippen LogP contribution in [0.4, 0.5) is 0 Å². The molecule has 160 valence electrons. The molecule has 0 unspecified atom stereocenters. The topological polar surface area (TPSA) is 105 Å². The van der Waals surface area contributed by atoms with E-state index in [1.54, 1.807) is 0 Å². The van der Waals surface area contributed by atoms with Gasteiger partial charge in [-0.15, -0.1) is 0 Å². The molecule has 7 nitrogen and oxygen atoms in total. The van der Waals surface area contributed by atoms with Gasteiger partial charge < -0.3 is 25.0 Å². The summed E-state index contributed by atoms with van der Waals surface area (Å²) in [6.45, 7) is 12.5. The Hall–Kier alpha value is -1.83. The van der Waals surface area contributed by atoms with Crippen LogP contribution < -0.4 is 10.1 Å². The molecule has 8 heteroatoms. The van der Waals surface area contributed by atoms with Gasteiger partial charge in [-0.3, -0.25) is 0 Å². The minimum absolute atomic E-state index is 0.00425. The van der Waals surface area contributed by atoms with Gasteiger partial charge in [0.2, 0.25) is 0 Å². The fourth-order valence-electron chi connectivity index (χ4n) is 2.10. The minimum atomic E-state index is -1.82. The van der Waals surface area contributed by atoms with E-state index in [0.717, 1.165) is 36.0 Å². The van der Waals surface area contributed by atoms with Crippen LogP contribution in [0.2, 0.25) is 5.02 Å². The highest BCUT2D eigenvalue weighted by Crippen LogP contribution is 2.33. The van der Waals surface area contributed by atoms with E-state index in [9.17, 15) is 0 Å². The molecule has 0 aliphatic heterocycles. The maximum absolute atomic E-state index is 9.10. The molecule has 0 fully saturated rings. The van der Waals surface area contributed by atoms with Gasteiger partial charge in [0.25, 0.3) is 0 Å². The smallest absolute Gasteiger partial charge is 0.414 e. The Labute approximate surface area is 172 Å². The van der Waals surface area contributed by atoms with Crippen LogP contribution >= 0.6 is 11.6 Å². The summed E-state index contributed by atoms with van der Waals surface area (Å²) in [6, 6.07) is 5.79. The molecule has 0 amide bonds. The van der Waals surface area contributed by atoms with Crippen molar-refractivity contribution in [2.75, 3.05) is 32.9 Å². The molecule has 0 aromatic heterocycles. The summed E-state index contributed by atoms with van der Waals surface area (Å²) in [5.41, 5.74) is 1.13. The highest BCUT2D eigenvalue weighted by molar-refractivity contribution is 6.30. The number of ether oxygens (including phenoxy) is 2. The number of carboxylic acids is 2. The fourth-order valence-corrected chi connectivity index (χ4v) is 2.27. The second-order valence-electron chi connectivity index (χ2n) is 7.07. The van der Waals surface area contributed by atoms with Gasteiger partial charge in [-0.25, -0.2) is 9.59 Å². The molecule has 3 N–H and O–H groups in total. The second-order valence-corrected chi connectivity index (χ2v) is 7.50. The van der Waals surface area contributed by atoms with E-state index in [1.165, 1.54) is 12.8 Å². The molecule has 1 rings (SSSR count). The summed E-state index contributed by atoms with van der Waals surface area (Å²) < 4.78 is 11.4. The number of hydrogen-bond donors (Lipinski definition) is 3. The zero-order valence-corrected chi connectivity index (χ0v) is 17.8. The maximum atomic E-state index is 9.10. The van der Waals surface area contributed by atoms with E-state index in [1.807, 2.05) is 18.2 Å². The Balaban J connectivity index is 0.00000105. The van der Waals surface area contributed by atoms with Crippen LogP contribution in [0, 0.1) is 0 Å². The minimum Gasteiger partial charge on any atom is -0.491 e. The number of carboxylic acid groups (broad SMARTS) is 2. The fraction of sp³-hybridized carbons (Fsp3) is 0.600. The molecular weight excluding hydrogens is 386 g/mol. The zero-order chi connectivity index (χ0) is 21.6. The molecule has 0 heterocycles. The van der Waals surface area contributed by atoms with Crippen molar-refractivity contribution in [3.05, 3.63) is 28.8 Å². The Morgan fingerprint density at radius 2 is 1.71 bits per heavy atom. The van der Waals surface area contributed by atoms with Crippen LogP contribution in [0.25, 0.3) is 0 Å². The second kappa shape index (κ2) is 14.2. The lowest BCUT2D eigenvalue weighted by molar-refractivity contribution is -0.159. The van der Waals surface area contributed by atoms with Crippen molar-refractivity contribution in [2.24, 2.45) is 0 Å². The summed E-state index contributed by atoms with van der Waals surface area (Å²) in [5.74, 6) is -2.76. The first-order valence-corrected chi connectivity index (χ1v) is 9.64. The van der Waals surface area contributed by atoms with E-state index in [0.29, 0.717) is 13.2 Å². The lowest BCUT2D eigenvalue weighted by Gasteiger charge is -2.23. The van der Waals surface area contributed by atoms with Gasteiger partial charge in [-0.05, 0) is 36.6 Å². The van der Waals surface area contributed by atoms with Gasteiger partial charge in [0, 0.05) is 17.1 Å². The first-order chi connectivity index (χ1) is 13.1. The summed E-state index contributed by atoms with van der Waals surface area (Å²) in [4.78, 5) is 18.2. The lowest BCUT2D eigenvalue weighted by Crippen LogP contribution is -2.22. The van der Waals surface area contributed by atoms with Crippen LogP contribution in [0.3, 0.4) is 0 Å². The number of hydrogen-bond acceptors (Lipinski definition) is 5. The third kappa shape index (κ3) is 12.5. The zero-order valence-electron chi connectivity index (χ0n) is 17.1. The van der Waals surface area contributed by atoms with E-state index in [4.69, 9.17) is 40.9 Å². The van der Waals surface area contributed by atoms with Crippen molar-refractivity contribution in [3.63, 3.8) is 0 Å². The normalized spacial score (nSPS) is 10.8. The van der Waals surface area contributed by atoms with Gasteiger partial charge in [0.1, 0.15) is 12.4 Å². The predicted octanol–water partition coefficient (Wildman–Crippen LogP) is 3.58. The predicted molar refractivity (Wildman–Crippen MR) is 110 cm³/mol. The Bertz CT molecular complexity index is 589. The third-order valence-electron chi connectivity index (χ3n) is 3.55. The van der Waals surface area contributed by atoms with Gasteiger partial charge >= 0.3 is 11.9 Å². The maximum Gasteiger partial charge on any atom is 0.414 e. The van der Waals surface area contributed by atoms with Crippen molar-refractivity contribution >= 4 is 23.5 Å². The number of halogens is 1. The molecule has 0 aliphatic carbocycles. The van der Waals surface area contributed by atoms with Crippen LogP contribution in [0.5, 0.6) is 5.75 Å². The number of nitrogens with one attached hydrogen (secondary N) is 1. The molecule has 28 heavy (non-hydrogen) atoms. The molecular formula is C20H32ClNO6. The highest BCUT2D eigenvalue weighted by Gasteiger charge is 2.19. The van der Waals surface area contributed by atoms with Crippen LogP contribution in [0.15, 0.2) is 18.2 Å². The molecule has 0 aliphatic rings. The van der Waals surface area contributed by atoms with Crippen molar-refractivity contribution in [1.82, 2.24) is 5.32 Å². The quantitative estimate of drug-likeness (QED) is 0.394. The molecule has 0 bridgehead atoms. The van der Waals surface area contributed by atoms with Gasteiger partial charge in [0.15, 0.2) is 0 Å². The number of benzene rings is 1. The largest absolute Gasteiger partial charge is 0.491 e. The van der Waals surface area contributed by atoms with Gasteiger partial charge in [-0.2, -0.15) is 0 Å². The highest BCUT2D eigenvalue weighted by atomic mass is 35.5. The summed E-state index contributed by atoms with van der Waals surface area (Å²) in [6.07, 6.45) is 2.44. The van der Waals surface area contributed by atoms with Crippen molar-refractivity contribution in [2.45, 2.75) is 46.0 Å². The molecule has 0 radical (unpaired) electrons. The van der Waals surface area contributed by atoms with E-state index < -0.39 is 11.9 Å². The average Bonchev–Trinajstić information content (AvgIpc) is 2.61. The third-order valence-corrected chi connectivity index (χ3v) is 3.78. The Morgan fingerprint density at radius 1 is 1.07 bits per heavy atom. The summed E-state index contributed by atoms with van der Waals surface area (Å²) >= 11 is 6.09. The molecule has 0 atom stereocenters. The Kier molecular flexibility index (Phi) is 13.3. The lowest BCUT2D eigenvalue weighted by atomic mass is 9.86. The van der Waals surface area contributed by atoms with Crippen molar-refractivity contribution in [3.8, 4) is 5.75 Å². The number of aliphatic carboxylic acids is 2. The first-order valence-electron chi connectivity index (χ1n) is 9.27. The number of unbranched alkanes of at least 4 members (excludes halogenated alkanes) is 1. The molecule has 1 aromatic rings. The molecule has 0 saturated heterocycles. The molecule has 0 saturated carbocycles. The molecule has 0 spiro atoms. The summed E-state index contributed by atoms with van der Waals surface area (Å²) in [5, 5.41) is 18.9. The van der Waals surface area contributed by atoms with Crippen LogP contribution in [-0.4, -0.2) is 55.1 Å². The SMILES string of the molecule is CCCCNCCOCCOc1ccc(Cl)cc1C(C)(C)C.O=C(O)C(=O)O. The monoisotopic (exact) mass is 417 g/mol. The van der Waals surface area contributed by atoms with Crippen molar-refractivity contribution in [1.29, 1.82) is 0 Å². The Morgan fingerprint density at radius 3 is 2.25 bits per heavy atom. The van der Waals surface area contributed by atoms with E-state index in [2.05, 4.69) is 33.0 Å². The summed E-state index contributed by atoms with van der Waals surface area (Å²) in [7, 11) is 0. The van der Waals surface area contributed by atoms with E-state index >= 15 is 0 Å². The standard InChI is InChI=1S/C18H30ClNO2.C2H2O4/c1-5-6-9-20-10-11-21-12-13-22-17-8-7-15(19)14-16(17)18(2,3)4;3-1(4)2(5)6/h7-8,14,20H,5-6,9-13H2,1-4H3;(H,3,4)(H,5,6). The van der Waals surface area contributed by atoms with Gasteiger partial charge in [0.05, 0.1) is 13.2 Å². The van der Waals surface area contributed by atoms with E-state index in [-0.39, 0.29) is 5.41 Å². The van der Waals surface area contributed by atoms with Crippen LogP contribution in [0.1, 0.15) is 46.1 Å². The van der Waals surface area contributed by atoms with Crippen LogP contribution in [-0.2, 0) is 19.7 Å².